The Morgan fingerprint density at radius 1 is 1.29 bits per heavy atom. The molecule has 1 amide bonds. The van der Waals surface area contributed by atoms with Crippen molar-refractivity contribution >= 4 is 5.91 Å². The van der Waals surface area contributed by atoms with Gasteiger partial charge >= 0.3 is 6.18 Å². The van der Waals surface area contributed by atoms with E-state index < -0.39 is 23.5 Å². The van der Waals surface area contributed by atoms with Crippen molar-refractivity contribution in [3.63, 3.8) is 0 Å². The molecule has 2 aliphatic rings. The number of halogens is 3. The van der Waals surface area contributed by atoms with E-state index in [1.165, 1.54) is 0 Å². The molecule has 2 atom stereocenters. The molecule has 2 saturated carbocycles. The molecule has 0 spiro atoms. The fourth-order valence-electron chi connectivity index (χ4n) is 2.60. The number of hydrogen-bond donors (Lipinski definition) is 2. The molecule has 3 N–H and O–H groups in total. The van der Waals surface area contributed by atoms with Gasteiger partial charge in [0, 0.05) is 6.04 Å². The Bertz CT molecular complexity index is 312. The van der Waals surface area contributed by atoms with E-state index in [9.17, 15) is 18.0 Å². The van der Waals surface area contributed by atoms with Crippen molar-refractivity contribution in [3.8, 4) is 0 Å². The molecule has 0 radical (unpaired) electrons. The molecule has 0 aliphatic heterocycles. The van der Waals surface area contributed by atoms with E-state index in [2.05, 4.69) is 5.32 Å². The van der Waals surface area contributed by atoms with Crippen molar-refractivity contribution in [2.45, 2.75) is 56.3 Å². The second-order valence-electron chi connectivity index (χ2n) is 5.19. The van der Waals surface area contributed by atoms with Crippen LogP contribution in [0.15, 0.2) is 0 Å². The molecule has 17 heavy (non-hydrogen) atoms. The number of hydrogen-bond acceptors (Lipinski definition) is 2. The highest BCUT2D eigenvalue weighted by Crippen LogP contribution is 2.41. The van der Waals surface area contributed by atoms with Crippen molar-refractivity contribution in [1.29, 1.82) is 0 Å². The van der Waals surface area contributed by atoms with Gasteiger partial charge in [-0.2, -0.15) is 13.2 Å². The zero-order valence-electron chi connectivity index (χ0n) is 9.52. The zero-order chi connectivity index (χ0) is 12.7. The highest BCUT2D eigenvalue weighted by atomic mass is 19.4. The van der Waals surface area contributed by atoms with Gasteiger partial charge in [-0.15, -0.1) is 0 Å². The third-order valence-corrected chi connectivity index (χ3v) is 3.84. The highest BCUT2D eigenvalue weighted by Gasteiger charge is 2.51. The van der Waals surface area contributed by atoms with Gasteiger partial charge in [0.25, 0.3) is 0 Å². The summed E-state index contributed by atoms with van der Waals surface area (Å²) in [6.45, 7) is 0. The zero-order valence-corrected chi connectivity index (χ0v) is 9.52. The first-order valence-electron chi connectivity index (χ1n) is 5.98. The molecule has 2 rings (SSSR count). The van der Waals surface area contributed by atoms with Crippen LogP contribution in [0.3, 0.4) is 0 Å². The number of nitrogens with one attached hydrogen (secondary N) is 1. The van der Waals surface area contributed by atoms with Gasteiger partial charge in [0.15, 0.2) is 0 Å². The van der Waals surface area contributed by atoms with E-state index in [1.807, 2.05) is 0 Å². The fraction of sp³-hybridized carbons (Fsp3) is 0.909. The molecule has 0 saturated heterocycles. The monoisotopic (exact) mass is 250 g/mol. The molecule has 2 fully saturated rings. The number of alkyl halides is 3. The maximum absolute atomic E-state index is 12.6. The third-order valence-electron chi connectivity index (χ3n) is 3.84. The van der Waals surface area contributed by atoms with Crippen molar-refractivity contribution in [3.05, 3.63) is 0 Å². The van der Waals surface area contributed by atoms with Crippen molar-refractivity contribution < 1.29 is 18.0 Å². The molecule has 0 bridgehead atoms. The minimum atomic E-state index is -4.12. The molecule has 3 nitrogen and oxygen atoms in total. The van der Waals surface area contributed by atoms with Crippen LogP contribution in [-0.2, 0) is 4.79 Å². The molecule has 98 valence electrons. The Kier molecular flexibility index (Phi) is 3.10. The van der Waals surface area contributed by atoms with Crippen LogP contribution in [0.4, 0.5) is 13.2 Å². The Labute approximate surface area is 97.9 Å². The lowest BCUT2D eigenvalue weighted by Crippen LogP contribution is -2.50. The number of carbonyl (C=O) groups excluding carboxylic acids is 1. The second kappa shape index (κ2) is 4.15. The molecule has 0 heterocycles. The minimum absolute atomic E-state index is 0.0680. The first-order chi connectivity index (χ1) is 7.83. The topological polar surface area (TPSA) is 55.1 Å². The number of nitrogens with two attached hydrogens (primary N) is 1. The first kappa shape index (κ1) is 12.7. The van der Waals surface area contributed by atoms with Crippen LogP contribution in [0.2, 0.25) is 0 Å². The normalized spacial score (nSPS) is 32.2. The summed E-state index contributed by atoms with van der Waals surface area (Å²) in [5.74, 6) is -1.68. The number of rotatable bonds is 3. The maximum atomic E-state index is 12.6. The Morgan fingerprint density at radius 2 is 1.94 bits per heavy atom. The van der Waals surface area contributed by atoms with E-state index in [1.54, 1.807) is 0 Å². The number of carbonyl (C=O) groups is 1. The van der Waals surface area contributed by atoms with Crippen LogP contribution in [0.5, 0.6) is 0 Å². The SMILES string of the molecule is NC(=O)C1(NC2CCCC(C(F)(F)F)C2)CC1. The van der Waals surface area contributed by atoms with Gasteiger partial charge in [-0.1, -0.05) is 6.42 Å². The fourth-order valence-corrected chi connectivity index (χ4v) is 2.60. The van der Waals surface area contributed by atoms with Gasteiger partial charge in [0.2, 0.25) is 5.91 Å². The summed E-state index contributed by atoms with van der Waals surface area (Å²) in [5, 5.41) is 3.03. The standard InChI is InChI=1S/C11H17F3N2O/c12-11(13,14)7-2-1-3-8(6-7)16-10(4-5-10)9(15)17/h7-8,16H,1-6H2,(H2,15,17). The lowest BCUT2D eigenvalue weighted by Gasteiger charge is -2.33. The van der Waals surface area contributed by atoms with Gasteiger partial charge in [0.1, 0.15) is 0 Å². The summed E-state index contributed by atoms with van der Waals surface area (Å²) in [4.78, 5) is 11.2. The predicted octanol–water partition coefficient (Wildman–Crippen LogP) is 1.71. The van der Waals surface area contributed by atoms with E-state index in [-0.39, 0.29) is 18.9 Å². The third kappa shape index (κ3) is 2.73. The lowest BCUT2D eigenvalue weighted by molar-refractivity contribution is -0.183. The molecule has 0 aromatic heterocycles. The quantitative estimate of drug-likeness (QED) is 0.801. The van der Waals surface area contributed by atoms with Gasteiger partial charge in [-0.3, -0.25) is 4.79 Å². The highest BCUT2D eigenvalue weighted by molar-refractivity contribution is 5.87. The van der Waals surface area contributed by atoms with Crippen molar-refractivity contribution in [2.24, 2.45) is 11.7 Å². The van der Waals surface area contributed by atoms with Gasteiger partial charge in [0.05, 0.1) is 11.5 Å². The summed E-state index contributed by atoms with van der Waals surface area (Å²) in [6.07, 6.45) is -1.31. The Balaban J connectivity index is 1.92. The average Bonchev–Trinajstić information content (AvgIpc) is 2.98. The number of amides is 1. The van der Waals surface area contributed by atoms with Gasteiger partial charge in [-0.25, -0.2) is 0 Å². The Morgan fingerprint density at radius 3 is 2.41 bits per heavy atom. The van der Waals surface area contributed by atoms with Crippen LogP contribution in [0.1, 0.15) is 38.5 Å². The van der Waals surface area contributed by atoms with Crippen LogP contribution < -0.4 is 11.1 Å². The van der Waals surface area contributed by atoms with E-state index in [0.29, 0.717) is 25.7 Å². The summed E-state index contributed by atoms with van der Waals surface area (Å²) in [5.41, 5.74) is 4.54. The van der Waals surface area contributed by atoms with Crippen molar-refractivity contribution in [1.82, 2.24) is 5.32 Å². The summed E-state index contributed by atoms with van der Waals surface area (Å²) in [6, 6.07) is -0.231. The summed E-state index contributed by atoms with van der Waals surface area (Å²) >= 11 is 0. The van der Waals surface area contributed by atoms with E-state index in [4.69, 9.17) is 5.73 Å². The predicted molar refractivity (Wildman–Crippen MR) is 56.1 cm³/mol. The number of primary amides is 1. The summed E-state index contributed by atoms with van der Waals surface area (Å²) in [7, 11) is 0. The van der Waals surface area contributed by atoms with Gasteiger partial charge in [-0.05, 0) is 32.1 Å². The minimum Gasteiger partial charge on any atom is -0.368 e. The van der Waals surface area contributed by atoms with E-state index in [0.717, 1.165) is 0 Å². The molecule has 2 unspecified atom stereocenters. The second-order valence-corrected chi connectivity index (χ2v) is 5.19. The smallest absolute Gasteiger partial charge is 0.368 e. The molecule has 2 aliphatic carbocycles. The van der Waals surface area contributed by atoms with Gasteiger partial charge < -0.3 is 11.1 Å². The van der Waals surface area contributed by atoms with Crippen LogP contribution in [0.25, 0.3) is 0 Å². The molecule has 6 heteroatoms. The molecule has 0 aromatic rings. The molecular formula is C11H17F3N2O. The maximum Gasteiger partial charge on any atom is 0.391 e. The molecular weight excluding hydrogens is 233 g/mol. The van der Waals surface area contributed by atoms with Crippen molar-refractivity contribution in [2.75, 3.05) is 0 Å². The first-order valence-corrected chi connectivity index (χ1v) is 5.98. The van der Waals surface area contributed by atoms with Crippen LogP contribution >= 0.6 is 0 Å². The molecule has 0 aromatic carbocycles. The average molecular weight is 250 g/mol. The van der Waals surface area contributed by atoms with Crippen LogP contribution in [0, 0.1) is 5.92 Å². The summed E-state index contributed by atoms with van der Waals surface area (Å²) < 4.78 is 37.8. The lowest BCUT2D eigenvalue weighted by atomic mass is 9.85. The Hall–Kier alpha value is -0.780. The van der Waals surface area contributed by atoms with E-state index >= 15 is 0 Å². The van der Waals surface area contributed by atoms with Crippen LogP contribution in [-0.4, -0.2) is 23.7 Å². The largest absolute Gasteiger partial charge is 0.391 e.